The van der Waals surface area contributed by atoms with Gasteiger partial charge in [-0.25, -0.2) is 0 Å². The maximum absolute atomic E-state index is 14.8. The number of amides is 1. The van der Waals surface area contributed by atoms with Crippen LogP contribution in [0, 0.1) is 5.92 Å². The van der Waals surface area contributed by atoms with E-state index in [0.717, 1.165) is 11.1 Å². The molecular weight excluding hydrogens is 536 g/mol. The van der Waals surface area contributed by atoms with Gasteiger partial charge >= 0.3 is 0 Å². The van der Waals surface area contributed by atoms with Crippen LogP contribution in [-0.4, -0.2) is 35.5 Å². The van der Waals surface area contributed by atoms with E-state index >= 15 is 0 Å². The van der Waals surface area contributed by atoms with E-state index in [1.165, 1.54) is 0 Å². The minimum Gasteiger partial charge on any atom is -0.497 e. The van der Waals surface area contributed by atoms with Gasteiger partial charge in [-0.1, -0.05) is 54.1 Å². The molecule has 4 unspecified atom stereocenters. The number of halogens is 1. The van der Waals surface area contributed by atoms with Gasteiger partial charge in [-0.15, -0.1) is 0 Å². The molecule has 4 aromatic carbocycles. The first kappa shape index (κ1) is 25.3. The predicted octanol–water partition coefficient (Wildman–Crippen LogP) is 6.33. The number of rotatable bonds is 5. The van der Waals surface area contributed by atoms with E-state index in [0.29, 0.717) is 33.1 Å². The third kappa shape index (κ3) is 3.60. The number of methoxy groups -OCH3 is 1. The standard InChI is InChI=1S/C34H25ClN2O4/c1-41-24-16-12-21(13-17-24)30(38)28-29(31(39)22-10-14-23(35)15-11-22)37-19-18-20-6-2-3-7-25(20)32(37)34(28)26-8-4-5-9-27(26)36-33(34)40/h2-19,28-29,32H,1H3,(H,36,40). The summed E-state index contributed by atoms with van der Waals surface area (Å²) in [5.41, 5.74) is 2.64. The summed E-state index contributed by atoms with van der Waals surface area (Å²) in [5, 5.41) is 3.57. The van der Waals surface area contributed by atoms with Crippen LogP contribution < -0.4 is 10.1 Å². The number of carbonyl (C=O) groups is 3. The summed E-state index contributed by atoms with van der Waals surface area (Å²) in [4.78, 5) is 45.7. The average molecular weight is 561 g/mol. The fourth-order valence-electron chi connectivity index (χ4n) is 6.89. The summed E-state index contributed by atoms with van der Waals surface area (Å²) in [5.74, 6) is -1.26. The highest BCUT2D eigenvalue weighted by atomic mass is 35.5. The molecule has 41 heavy (non-hydrogen) atoms. The van der Waals surface area contributed by atoms with Crippen LogP contribution in [0.3, 0.4) is 0 Å². The van der Waals surface area contributed by atoms with E-state index in [4.69, 9.17) is 16.3 Å². The van der Waals surface area contributed by atoms with Crippen molar-refractivity contribution in [3.05, 3.63) is 136 Å². The van der Waals surface area contributed by atoms with Crippen LogP contribution in [0.4, 0.5) is 5.69 Å². The van der Waals surface area contributed by atoms with E-state index in [2.05, 4.69) is 5.32 Å². The minimum atomic E-state index is -1.37. The molecule has 202 valence electrons. The maximum atomic E-state index is 14.8. The van der Waals surface area contributed by atoms with Crippen LogP contribution in [0.1, 0.15) is 43.4 Å². The summed E-state index contributed by atoms with van der Waals surface area (Å²) in [6.45, 7) is 0. The van der Waals surface area contributed by atoms with Gasteiger partial charge in [0, 0.05) is 28.0 Å². The van der Waals surface area contributed by atoms with Crippen molar-refractivity contribution in [1.82, 2.24) is 4.90 Å². The summed E-state index contributed by atoms with van der Waals surface area (Å²) in [6.07, 6.45) is 3.81. The van der Waals surface area contributed by atoms with E-state index in [1.54, 1.807) is 55.6 Å². The number of fused-ring (bicyclic) bond motifs is 6. The molecule has 3 aliphatic heterocycles. The zero-order chi connectivity index (χ0) is 28.3. The smallest absolute Gasteiger partial charge is 0.238 e. The van der Waals surface area contributed by atoms with Gasteiger partial charge in [0.2, 0.25) is 5.91 Å². The Balaban J connectivity index is 1.52. The molecule has 1 saturated heterocycles. The lowest BCUT2D eigenvalue weighted by Crippen LogP contribution is -2.49. The van der Waals surface area contributed by atoms with Crippen LogP contribution in [0.5, 0.6) is 5.75 Å². The van der Waals surface area contributed by atoms with Gasteiger partial charge < -0.3 is 15.0 Å². The number of benzene rings is 4. The Morgan fingerprint density at radius 3 is 2.27 bits per heavy atom. The second-order valence-electron chi connectivity index (χ2n) is 10.5. The number of hydrogen-bond acceptors (Lipinski definition) is 5. The highest BCUT2D eigenvalue weighted by molar-refractivity contribution is 6.30. The van der Waals surface area contributed by atoms with Gasteiger partial charge in [-0.05, 0) is 77.4 Å². The zero-order valence-corrected chi connectivity index (χ0v) is 22.8. The summed E-state index contributed by atoms with van der Waals surface area (Å²) in [6, 6.07) is 27.3. The lowest BCUT2D eigenvalue weighted by molar-refractivity contribution is -0.122. The molecule has 6 nitrogen and oxygen atoms in total. The fraction of sp³-hybridized carbons (Fsp3) is 0.147. The van der Waals surface area contributed by atoms with E-state index in [1.807, 2.05) is 65.7 Å². The van der Waals surface area contributed by atoms with Crippen LogP contribution in [0.15, 0.2) is 103 Å². The van der Waals surface area contributed by atoms with Crippen molar-refractivity contribution < 1.29 is 19.1 Å². The molecule has 7 heteroatoms. The number of anilines is 1. The highest BCUT2D eigenvalue weighted by Crippen LogP contribution is 2.62. The number of Topliss-reactive ketones (excluding diaryl/α,β-unsaturated/α-hetero) is 2. The first-order valence-electron chi connectivity index (χ1n) is 13.4. The van der Waals surface area contributed by atoms with Gasteiger partial charge in [0.25, 0.3) is 0 Å². The number of para-hydroxylation sites is 1. The Kier molecular flexibility index (Phi) is 5.84. The van der Waals surface area contributed by atoms with Crippen molar-refractivity contribution in [2.24, 2.45) is 5.92 Å². The number of ketones is 2. The molecule has 0 bridgehead atoms. The Morgan fingerprint density at radius 1 is 0.854 bits per heavy atom. The molecule has 0 radical (unpaired) electrons. The van der Waals surface area contributed by atoms with Gasteiger partial charge in [0.05, 0.1) is 19.1 Å². The minimum absolute atomic E-state index is 0.253. The second-order valence-corrected chi connectivity index (χ2v) is 11.0. The second kappa shape index (κ2) is 9.46. The highest BCUT2D eigenvalue weighted by Gasteiger charge is 2.70. The van der Waals surface area contributed by atoms with Crippen molar-refractivity contribution >= 4 is 40.8 Å². The molecule has 3 heterocycles. The Bertz CT molecular complexity index is 1750. The molecular formula is C34H25ClN2O4. The summed E-state index contributed by atoms with van der Waals surface area (Å²) in [7, 11) is 1.56. The Labute approximate surface area is 242 Å². The van der Waals surface area contributed by atoms with Gasteiger partial charge in [-0.3, -0.25) is 14.4 Å². The molecule has 0 aromatic heterocycles. The molecule has 4 atom stereocenters. The average Bonchev–Trinajstić information content (AvgIpc) is 3.49. The molecule has 0 saturated carbocycles. The number of nitrogens with one attached hydrogen (secondary N) is 1. The molecule has 1 spiro atoms. The molecule has 1 N–H and O–H groups in total. The number of nitrogens with zero attached hydrogens (tertiary/aromatic N) is 1. The fourth-order valence-corrected chi connectivity index (χ4v) is 7.01. The van der Waals surface area contributed by atoms with E-state index in [-0.39, 0.29) is 17.5 Å². The normalized spacial score (nSPS) is 23.5. The van der Waals surface area contributed by atoms with Crippen molar-refractivity contribution in [1.29, 1.82) is 0 Å². The van der Waals surface area contributed by atoms with Crippen LogP contribution >= 0.6 is 11.6 Å². The van der Waals surface area contributed by atoms with Gasteiger partial charge in [-0.2, -0.15) is 0 Å². The van der Waals surface area contributed by atoms with Crippen molar-refractivity contribution in [2.75, 3.05) is 12.4 Å². The van der Waals surface area contributed by atoms with Crippen LogP contribution in [-0.2, 0) is 10.2 Å². The molecule has 7 rings (SSSR count). The molecule has 4 aromatic rings. The SMILES string of the molecule is COc1ccc(C(=O)C2C(C(=O)c3ccc(Cl)cc3)N3C=Cc4ccccc4C3C23C(=O)Nc2ccccc23)cc1. The third-order valence-electron chi connectivity index (χ3n) is 8.62. The first-order valence-corrected chi connectivity index (χ1v) is 13.8. The Morgan fingerprint density at radius 2 is 1.51 bits per heavy atom. The largest absolute Gasteiger partial charge is 0.497 e. The Hall–Kier alpha value is -4.68. The van der Waals surface area contributed by atoms with Crippen LogP contribution in [0.2, 0.25) is 5.02 Å². The molecule has 1 fully saturated rings. The number of hydrogen-bond donors (Lipinski definition) is 1. The first-order chi connectivity index (χ1) is 19.9. The topological polar surface area (TPSA) is 75.7 Å². The van der Waals surface area contributed by atoms with Crippen molar-refractivity contribution in [3.63, 3.8) is 0 Å². The van der Waals surface area contributed by atoms with Gasteiger partial charge in [0.1, 0.15) is 17.2 Å². The van der Waals surface area contributed by atoms with Crippen molar-refractivity contribution in [2.45, 2.75) is 17.5 Å². The van der Waals surface area contributed by atoms with E-state index < -0.39 is 23.4 Å². The summed E-state index contributed by atoms with van der Waals surface area (Å²) < 4.78 is 5.32. The predicted molar refractivity (Wildman–Crippen MR) is 157 cm³/mol. The lowest BCUT2D eigenvalue weighted by atomic mass is 9.62. The molecule has 3 aliphatic rings. The van der Waals surface area contributed by atoms with Crippen molar-refractivity contribution in [3.8, 4) is 5.75 Å². The van der Waals surface area contributed by atoms with E-state index in [9.17, 15) is 14.4 Å². The monoisotopic (exact) mass is 560 g/mol. The molecule has 0 aliphatic carbocycles. The zero-order valence-electron chi connectivity index (χ0n) is 22.1. The number of ether oxygens (including phenoxy) is 1. The quantitative estimate of drug-likeness (QED) is 0.289. The molecule has 1 amide bonds. The third-order valence-corrected chi connectivity index (χ3v) is 8.88. The maximum Gasteiger partial charge on any atom is 0.238 e. The summed E-state index contributed by atoms with van der Waals surface area (Å²) >= 11 is 6.15. The number of carbonyl (C=O) groups excluding carboxylic acids is 3. The lowest BCUT2D eigenvalue weighted by Gasteiger charge is -2.38. The van der Waals surface area contributed by atoms with Crippen LogP contribution in [0.25, 0.3) is 6.08 Å². The van der Waals surface area contributed by atoms with Gasteiger partial charge in [0.15, 0.2) is 11.6 Å².